The Kier molecular flexibility index (Phi) is 5.38. The quantitative estimate of drug-likeness (QED) is 0.487. The second-order valence-electron chi connectivity index (χ2n) is 5.55. The molecule has 0 amide bonds. The molecule has 0 spiro atoms. The van der Waals surface area contributed by atoms with Gasteiger partial charge in [0.15, 0.2) is 0 Å². The van der Waals surface area contributed by atoms with Crippen molar-refractivity contribution >= 4 is 5.69 Å². The summed E-state index contributed by atoms with van der Waals surface area (Å²) in [5.41, 5.74) is 2.52. The fourth-order valence-corrected chi connectivity index (χ4v) is 2.50. The van der Waals surface area contributed by atoms with Crippen LogP contribution in [0.25, 0.3) is 0 Å². The van der Waals surface area contributed by atoms with Crippen LogP contribution in [0.4, 0.5) is 5.69 Å². The van der Waals surface area contributed by atoms with Crippen LogP contribution in [-0.4, -0.2) is 24.8 Å². The summed E-state index contributed by atoms with van der Waals surface area (Å²) in [6.07, 6.45) is 4.97. The zero-order valence-electron chi connectivity index (χ0n) is 13.5. The molecule has 0 fully saturated rings. The highest BCUT2D eigenvalue weighted by molar-refractivity contribution is 5.29. The first-order valence-electron chi connectivity index (χ1n) is 7.82. The second kappa shape index (κ2) is 8.07. The highest BCUT2D eigenvalue weighted by Gasteiger charge is 2.13. The van der Waals surface area contributed by atoms with E-state index in [-0.39, 0.29) is 5.69 Å². The third-order valence-corrected chi connectivity index (χ3v) is 3.62. The lowest BCUT2D eigenvalue weighted by Crippen LogP contribution is -2.24. The van der Waals surface area contributed by atoms with Crippen molar-refractivity contribution in [2.75, 3.05) is 0 Å². The number of aromatic nitrogens is 3. The summed E-state index contributed by atoms with van der Waals surface area (Å²) in [6.45, 7) is 1.67. The van der Waals surface area contributed by atoms with E-state index in [1.54, 1.807) is 12.4 Å². The first-order chi connectivity index (χ1) is 12.2. The molecule has 3 aromatic rings. The van der Waals surface area contributed by atoms with Crippen molar-refractivity contribution in [3.8, 4) is 0 Å². The van der Waals surface area contributed by atoms with Crippen molar-refractivity contribution in [1.29, 1.82) is 0 Å². The van der Waals surface area contributed by atoms with Crippen LogP contribution in [0, 0.1) is 10.1 Å². The molecule has 0 bridgehead atoms. The Balaban J connectivity index is 1.80. The number of nitrogens with zero attached hydrogens (tertiary/aromatic N) is 5. The molecular formula is C18H17N5O2. The molecule has 0 N–H and O–H groups in total. The summed E-state index contributed by atoms with van der Waals surface area (Å²) >= 11 is 0. The van der Waals surface area contributed by atoms with Crippen molar-refractivity contribution in [2.24, 2.45) is 0 Å². The monoisotopic (exact) mass is 335 g/mol. The third-order valence-electron chi connectivity index (χ3n) is 3.62. The van der Waals surface area contributed by atoms with Crippen LogP contribution in [0.5, 0.6) is 0 Å². The molecule has 0 aliphatic heterocycles. The van der Waals surface area contributed by atoms with Crippen molar-refractivity contribution in [2.45, 2.75) is 19.6 Å². The molecular weight excluding hydrogens is 318 g/mol. The predicted octanol–water partition coefficient (Wildman–Crippen LogP) is 2.98. The summed E-state index contributed by atoms with van der Waals surface area (Å²) in [6, 6.07) is 14.4. The van der Waals surface area contributed by atoms with Crippen molar-refractivity contribution in [3.63, 3.8) is 0 Å². The Bertz CT molecular complexity index is 786. The van der Waals surface area contributed by atoms with E-state index in [9.17, 15) is 10.1 Å². The molecule has 25 heavy (non-hydrogen) atoms. The number of rotatable bonds is 7. The third kappa shape index (κ3) is 4.89. The molecule has 0 aliphatic carbocycles. The Morgan fingerprint density at radius 1 is 0.800 bits per heavy atom. The summed E-state index contributed by atoms with van der Waals surface area (Å²) in [5.74, 6) is 0. The molecule has 0 aromatic carbocycles. The van der Waals surface area contributed by atoms with Gasteiger partial charge in [-0.1, -0.05) is 12.1 Å². The minimum atomic E-state index is -0.410. The van der Waals surface area contributed by atoms with Gasteiger partial charge in [0, 0.05) is 50.4 Å². The van der Waals surface area contributed by atoms with Gasteiger partial charge < -0.3 is 0 Å². The van der Waals surface area contributed by atoms with Gasteiger partial charge in [0.05, 0.1) is 22.0 Å². The topological polar surface area (TPSA) is 85.0 Å². The molecule has 7 heteroatoms. The predicted molar refractivity (Wildman–Crippen MR) is 92.3 cm³/mol. The summed E-state index contributed by atoms with van der Waals surface area (Å²) in [4.78, 5) is 25.6. The van der Waals surface area contributed by atoms with E-state index in [4.69, 9.17) is 0 Å². The van der Waals surface area contributed by atoms with Crippen LogP contribution in [0.3, 0.4) is 0 Å². The maximum atomic E-state index is 11.0. The molecule has 0 atom stereocenters. The molecule has 3 aromatic heterocycles. The van der Waals surface area contributed by atoms with Crippen molar-refractivity contribution in [1.82, 2.24) is 19.9 Å². The molecule has 0 radical (unpaired) electrons. The highest BCUT2D eigenvalue weighted by atomic mass is 16.6. The second-order valence-corrected chi connectivity index (χ2v) is 5.55. The first kappa shape index (κ1) is 16.7. The lowest BCUT2D eigenvalue weighted by Gasteiger charge is -2.21. The van der Waals surface area contributed by atoms with E-state index in [1.165, 1.54) is 18.3 Å². The minimum absolute atomic E-state index is 0.0422. The van der Waals surface area contributed by atoms with Gasteiger partial charge in [-0.05, 0) is 24.3 Å². The number of nitro groups is 1. The zero-order valence-corrected chi connectivity index (χ0v) is 13.5. The Labute approximate surface area is 145 Å². The standard InChI is InChI=1S/C18H17N5O2/c24-23(25)18-7-10-21-17(11-18)14-22(12-15-5-1-3-8-19-15)13-16-6-2-4-9-20-16/h1-11H,12-14H2. The van der Waals surface area contributed by atoms with Crippen molar-refractivity contribution in [3.05, 3.63) is 94.3 Å². The van der Waals surface area contributed by atoms with E-state index < -0.39 is 4.92 Å². The fourth-order valence-electron chi connectivity index (χ4n) is 2.50. The number of pyridine rings is 3. The molecule has 126 valence electrons. The fraction of sp³-hybridized carbons (Fsp3) is 0.167. The molecule has 0 unspecified atom stereocenters. The smallest absolute Gasteiger partial charge is 0.272 e. The largest absolute Gasteiger partial charge is 0.286 e. The SMILES string of the molecule is O=[N+]([O-])c1ccnc(CN(Cc2ccccn2)Cc2ccccn2)c1. The van der Waals surface area contributed by atoms with E-state index in [1.807, 2.05) is 36.4 Å². The maximum Gasteiger partial charge on any atom is 0.272 e. The van der Waals surface area contributed by atoms with Crippen LogP contribution in [0.15, 0.2) is 67.1 Å². The van der Waals surface area contributed by atoms with Crippen molar-refractivity contribution < 1.29 is 4.92 Å². The van der Waals surface area contributed by atoms with Crippen LogP contribution >= 0.6 is 0 Å². The average molecular weight is 335 g/mol. The van der Waals surface area contributed by atoms with Gasteiger partial charge in [-0.15, -0.1) is 0 Å². The molecule has 3 rings (SSSR count). The minimum Gasteiger partial charge on any atom is -0.286 e. The zero-order chi connectivity index (χ0) is 17.5. The van der Waals surface area contributed by atoms with Gasteiger partial charge >= 0.3 is 0 Å². The van der Waals surface area contributed by atoms with E-state index in [0.717, 1.165) is 11.4 Å². The Hall–Kier alpha value is -3.19. The Morgan fingerprint density at radius 2 is 1.36 bits per heavy atom. The summed E-state index contributed by atoms with van der Waals surface area (Å²) in [5, 5.41) is 11.0. The van der Waals surface area contributed by atoms with Crippen LogP contribution < -0.4 is 0 Å². The maximum absolute atomic E-state index is 11.0. The van der Waals surface area contributed by atoms with Gasteiger partial charge in [0.25, 0.3) is 5.69 Å². The van der Waals surface area contributed by atoms with Crippen LogP contribution in [-0.2, 0) is 19.6 Å². The van der Waals surface area contributed by atoms with Gasteiger partial charge in [-0.3, -0.25) is 30.0 Å². The van der Waals surface area contributed by atoms with Gasteiger partial charge in [-0.2, -0.15) is 0 Å². The Morgan fingerprint density at radius 3 is 1.88 bits per heavy atom. The van der Waals surface area contributed by atoms with E-state index in [2.05, 4.69) is 19.9 Å². The van der Waals surface area contributed by atoms with Gasteiger partial charge in [0.1, 0.15) is 0 Å². The number of hydrogen-bond acceptors (Lipinski definition) is 6. The molecule has 0 aliphatic rings. The molecule has 0 saturated carbocycles. The van der Waals surface area contributed by atoms with Gasteiger partial charge in [-0.25, -0.2) is 0 Å². The lowest BCUT2D eigenvalue weighted by atomic mass is 10.2. The molecule has 7 nitrogen and oxygen atoms in total. The lowest BCUT2D eigenvalue weighted by molar-refractivity contribution is -0.385. The normalized spacial score (nSPS) is 10.8. The highest BCUT2D eigenvalue weighted by Crippen LogP contribution is 2.15. The molecule has 0 saturated heterocycles. The summed E-state index contributed by atoms with van der Waals surface area (Å²) in [7, 11) is 0. The first-order valence-corrected chi connectivity index (χ1v) is 7.82. The average Bonchev–Trinajstić information content (AvgIpc) is 2.63. The number of hydrogen-bond donors (Lipinski definition) is 0. The summed E-state index contributed by atoms with van der Waals surface area (Å²) < 4.78 is 0. The molecule has 3 heterocycles. The van der Waals surface area contributed by atoms with Crippen LogP contribution in [0.1, 0.15) is 17.1 Å². The van der Waals surface area contributed by atoms with Gasteiger partial charge in [0.2, 0.25) is 0 Å². The van der Waals surface area contributed by atoms with Crippen LogP contribution in [0.2, 0.25) is 0 Å². The van der Waals surface area contributed by atoms with E-state index >= 15 is 0 Å². The van der Waals surface area contributed by atoms with E-state index in [0.29, 0.717) is 25.3 Å².